The molecule has 0 unspecified atom stereocenters. The molecule has 0 saturated heterocycles. The van der Waals surface area contributed by atoms with Crippen LogP contribution in [-0.4, -0.2) is 38.5 Å². The predicted octanol–water partition coefficient (Wildman–Crippen LogP) is 1.32. The molecule has 7 heteroatoms. The summed E-state index contributed by atoms with van der Waals surface area (Å²) < 4.78 is 15.7. The quantitative estimate of drug-likeness (QED) is 0.667. The maximum Gasteiger partial charge on any atom is 0.221 e. The number of carbonyl (C=O) groups excluding carboxylic acids is 1. The highest BCUT2D eigenvalue weighted by Gasteiger charge is 2.24. The van der Waals surface area contributed by atoms with Crippen LogP contribution in [0.3, 0.4) is 0 Å². The minimum Gasteiger partial charge on any atom is -0.394 e. The molecule has 2 rings (SSSR count). The fraction of sp³-hybridized carbons (Fsp3) is 0.438. The summed E-state index contributed by atoms with van der Waals surface area (Å²) in [6.45, 7) is 4.01. The third-order valence-electron chi connectivity index (χ3n) is 3.53. The van der Waals surface area contributed by atoms with E-state index in [1.54, 1.807) is 24.5 Å². The van der Waals surface area contributed by atoms with Gasteiger partial charge in [0.25, 0.3) is 0 Å². The molecule has 1 aromatic carbocycles. The fourth-order valence-corrected chi connectivity index (χ4v) is 2.54. The number of nitrogens with zero attached hydrogens (tertiary/aromatic N) is 1. The van der Waals surface area contributed by atoms with Gasteiger partial charge in [0.05, 0.1) is 41.8 Å². The van der Waals surface area contributed by atoms with Crippen molar-refractivity contribution in [1.82, 2.24) is 4.57 Å². The molecule has 1 aromatic heterocycles. The summed E-state index contributed by atoms with van der Waals surface area (Å²) in [4.78, 5) is 11.1. The lowest BCUT2D eigenvalue weighted by atomic mass is 10.1. The Labute approximate surface area is 133 Å². The van der Waals surface area contributed by atoms with Gasteiger partial charge in [0.2, 0.25) is 5.91 Å². The number of anilines is 1. The number of rotatable bonds is 5. The monoisotopic (exact) mass is 324 g/mol. The lowest BCUT2D eigenvalue weighted by Crippen LogP contribution is -2.26. The zero-order chi connectivity index (χ0) is 17.4. The average molecular weight is 324 g/mol. The molecule has 2 aromatic rings. The summed E-state index contributed by atoms with van der Waals surface area (Å²) in [6, 6.07) is 4.38. The van der Waals surface area contributed by atoms with Crippen molar-refractivity contribution in [2.24, 2.45) is 0 Å². The van der Waals surface area contributed by atoms with Crippen LogP contribution in [0.4, 0.5) is 10.1 Å². The summed E-state index contributed by atoms with van der Waals surface area (Å²) in [5, 5.41) is 32.1. The van der Waals surface area contributed by atoms with Crippen LogP contribution in [0.15, 0.2) is 18.2 Å². The van der Waals surface area contributed by atoms with Crippen molar-refractivity contribution in [2.75, 3.05) is 11.9 Å². The average Bonchev–Trinajstić information content (AvgIpc) is 2.76. The highest BCUT2D eigenvalue weighted by Crippen LogP contribution is 2.31. The number of hydrogen-bond acceptors (Lipinski definition) is 4. The number of aromatic nitrogens is 1. The van der Waals surface area contributed by atoms with Crippen molar-refractivity contribution >= 4 is 22.5 Å². The van der Waals surface area contributed by atoms with Gasteiger partial charge in [-0.2, -0.15) is 0 Å². The molecule has 1 heterocycles. The molecule has 1 amide bonds. The first-order valence-corrected chi connectivity index (χ1v) is 7.25. The van der Waals surface area contributed by atoms with Crippen LogP contribution in [0.25, 0.3) is 10.9 Å². The van der Waals surface area contributed by atoms with Crippen molar-refractivity contribution in [3.8, 4) is 0 Å². The first-order valence-electron chi connectivity index (χ1n) is 7.25. The Morgan fingerprint density at radius 2 is 2.04 bits per heavy atom. The van der Waals surface area contributed by atoms with E-state index in [2.05, 4.69) is 5.32 Å². The van der Waals surface area contributed by atoms with Crippen LogP contribution in [-0.2, 0) is 16.9 Å². The smallest absolute Gasteiger partial charge is 0.221 e. The minimum absolute atomic E-state index is 0.0121. The Morgan fingerprint density at radius 3 is 2.57 bits per heavy atom. The molecule has 0 saturated carbocycles. The van der Waals surface area contributed by atoms with Crippen LogP contribution < -0.4 is 5.32 Å². The number of hydrogen-bond donors (Lipinski definition) is 4. The molecule has 0 spiro atoms. The number of nitrogens with one attached hydrogen (secondary N) is 1. The van der Waals surface area contributed by atoms with E-state index in [0.717, 1.165) is 0 Å². The molecule has 0 bridgehead atoms. The Hall–Kier alpha value is -1.96. The highest BCUT2D eigenvalue weighted by atomic mass is 19.1. The van der Waals surface area contributed by atoms with Gasteiger partial charge in [-0.15, -0.1) is 0 Å². The molecule has 0 aliphatic carbocycles. The molecule has 0 aliphatic rings. The topological polar surface area (TPSA) is 94.7 Å². The molecule has 126 valence electrons. The van der Waals surface area contributed by atoms with Crippen LogP contribution in [0, 0.1) is 5.82 Å². The van der Waals surface area contributed by atoms with E-state index in [0.29, 0.717) is 16.6 Å². The Kier molecular flexibility index (Phi) is 4.74. The third kappa shape index (κ3) is 3.69. The Balaban J connectivity index is 2.65. The van der Waals surface area contributed by atoms with E-state index in [1.807, 2.05) is 0 Å². The number of amides is 1. The molecule has 6 nitrogen and oxygen atoms in total. The van der Waals surface area contributed by atoms with Gasteiger partial charge in [-0.3, -0.25) is 4.79 Å². The highest BCUT2D eigenvalue weighted by molar-refractivity contribution is 5.93. The van der Waals surface area contributed by atoms with Crippen LogP contribution in [0.1, 0.15) is 26.5 Å². The van der Waals surface area contributed by atoms with Gasteiger partial charge in [0.1, 0.15) is 5.82 Å². The molecular formula is C16H21FN2O4. The van der Waals surface area contributed by atoms with Gasteiger partial charge in [0.15, 0.2) is 0 Å². The molecule has 0 fully saturated rings. The van der Waals surface area contributed by atoms with E-state index >= 15 is 0 Å². The maximum atomic E-state index is 14.2. The first-order chi connectivity index (χ1) is 10.6. The molecule has 0 radical (unpaired) electrons. The molecule has 4 N–H and O–H groups in total. The SMILES string of the molecule is CC(=O)Nc1cc2cc(C(C)(C)O)n(C[C@@H](O)CO)c2cc1F. The van der Waals surface area contributed by atoms with Crippen molar-refractivity contribution in [3.05, 3.63) is 29.7 Å². The lowest BCUT2D eigenvalue weighted by molar-refractivity contribution is -0.114. The summed E-state index contributed by atoms with van der Waals surface area (Å²) in [7, 11) is 0. The van der Waals surface area contributed by atoms with Crippen molar-refractivity contribution in [1.29, 1.82) is 0 Å². The van der Waals surface area contributed by atoms with Gasteiger partial charge in [-0.1, -0.05) is 0 Å². The second kappa shape index (κ2) is 6.27. The second-order valence-electron chi connectivity index (χ2n) is 6.11. The Morgan fingerprint density at radius 1 is 1.39 bits per heavy atom. The van der Waals surface area contributed by atoms with E-state index in [-0.39, 0.29) is 18.1 Å². The number of aliphatic hydroxyl groups excluding tert-OH is 2. The molecule has 23 heavy (non-hydrogen) atoms. The second-order valence-corrected chi connectivity index (χ2v) is 6.11. The summed E-state index contributed by atoms with van der Waals surface area (Å²) in [5.74, 6) is -1.01. The predicted molar refractivity (Wildman–Crippen MR) is 84.5 cm³/mol. The van der Waals surface area contributed by atoms with Crippen molar-refractivity contribution in [2.45, 2.75) is 39.0 Å². The third-order valence-corrected chi connectivity index (χ3v) is 3.53. The van der Waals surface area contributed by atoms with Gasteiger partial charge in [0, 0.05) is 18.4 Å². The van der Waals surface area contributed by atoms with Crippen LogP contribution >= 0.6 is 0 Å². The molecule has 1 atom stereocenters. The summed E-state index contributed by atoms with van der Waals surface area (Å²) in [5.41, 5.74) is -0.244. The molecule has 0 aliphatic heterocycles. The maximum absolute atomic E-state index is 14.2. The number of fused-ring (bicyclic) bond motifs is 1. The van der Waals surface area contributed by atoms with E-state index in [4.69, 9.17) is 5.11 Å². The Bertz CT molecular complexity index is 734. The van der Waals surface area contributed by atoms with Gasteiger partial charge in [-0.05, 0) is 26.0 Å². The minimum atomic E-state index is -1.22. The van der Waals surface area contributed by atoms with Gasteiger partial charge < -0.3 is 25.2 Å². The summed E-state index contributed by atoms with van der Waals surface area (Å²) in [6.07, 6.45) is -1.04. The number of carbonyl (C=O) groups is 1. The van der Waals surface area contributed by atoms with E-state index in [1.165, 1.54) is 19.1 Å². The van der Waals surface area contributed by atoms with E-state index in [9.17, 15) is 19.4 Å². The normalized spacial score (nSPS) is 13.3. The van der Waals surface area contributed by atoms with Crippen LogP contribution in [0.5, 0.6) is 0 Å². The number of benzene rings is 1. The number of aliphatic hydroxyl groups is 3. The van der Waals surface area contributed by atoms with Crippen molar-refractivity contribution < 1.29 is 24.5 Å². The van der Waals surface area contributed by atoms with Crippen LogP contribution in [0.2, 0.25) is 0 Å². The zero-order valence-electron chi connectivity index (χ0n) is 13.3. The lowest BCUT2D eigenvalue weighted by Gasteiger charge is -2.22. The summed E-state index contributed by atoms with van der Waals surface area (Å²) >= 11 is 0. The zero-order valence-corrected chi connectivity index (χ0v) is 13.3. The van der Waals surface area contributed by atoms with E-state index < -0.39 is 24.1 Å². The number of halogens is 1. The standard InChI is InChI=1S/C16H21FN2O4/c1-9(21)18-13-4-10-5-15(16(2,3)23)19(7-11(22)8-20)14(10)6-12(13)17/h4-6,11,20,22-23H,7-8H2,1-3H3,(H,18,21)/t11-/m1/s1. The first kappa shape index (κ1) is 17.4. The van der Waals surface area contributed by atoms with Gasteiger partial charge in [-0.25, -0.2) is 4.39 Å². The fourth-order valence-electron chi connectivity index (χ4n) is 2.54. The van der Waals surface area contributed by atoms with Crippen molar-refractivity contribution in [3.63, 3.8) is 0 Å². The van der Waals surface area contributed by atoms with Gasteiger partial charge >= 0.3 is 0 Å². The largest absolute Gasteiger partial charge is 0.394 e. The molecular weight excluding hydrogens is 303 g/mol.